The highest BCUT2D eigenvalue weighted by atomic mass is 16.5. The topological polar surface area (TPSA) is 21.3 Å². The first-order chi connectivity index (χ1) is 10.3. The molecular formula is C19H37NO. The largest absolute Gasteiger partial charge is 0.381 e. The van der Waals surface area contributed by atoms with Crippen LogP contribution in [0.4, 0.5) is 0 Å². The van der Waals surface area contributed by atoms with E-state index in [0.717, 1.165) is 37.0 Å². The SMILES string of the molecule is CCCNC(CC1CCOCC1)C1CCC(CCC)CC1. The van der Waals surface area contributed by atoms with Gasteiger partial charge < -0.3 is 10.1 Å². The molecule has 1 heterocycles. The van der Waals surface area contributed by atoms with Crippen LogP contribution in [0.25, 0.3) is 0 Å². The summed E-state index contributed by atoms with van der Waals surface area (Å²) in [5.74, 6) is 2.87. The highest BCUT2D eigenvalue weighted by Gasteiger charge is 2.29. The van der Waals surface area contributed by atoms with E-state index in [1.807, 2.05) is 0 Å². The van der Waals surface area contributed by atoms with E-state index >= 15 is 0 Å². The summed E-state index contributed by atoms with van der Waals surface area (Å²) in [7, 11) is 0. The highest BCUT2D eigenvalue weighted by molar-refractivity contribution is 4.84. The van der Waals surface area contributed by atoms with Gasteiger partial charge in [-0.25, -0.2) is 0 Å². The molecule has 0 spiro atoms. The molecule has 0 radical (unpaired) electrons. The highest BCUT2D eigenvalue weighted by Crippen LogP contribution is 2.35. The van der Waals surface area contributed by atoms with Gasteiger partial charge in [-0.1, -0.05) is 39.5 Å². The van der Waals surface area contributed by atoms with Crippen molar-refractivity contribution in [1.29, 1.82) is 0 Å². The zero-order chi connectivity index (χ0) is 14.9. The summed E-state index contributed by atoms with van der Waals surface area (Å²) in [5.41, 5.74) is 0. The maximum absolute atomic E-state index is 5.53. The maximum Gasteiger partial charge on any atom is 0.0468 e. The van der Waals surface area contributed by atoms with Gasteiger partial charge in [0, 0.05) is 19.3 Å². The lowest BCUT2D eigenvalue weighted by Crippen LogP contribution is -2.40. The maximum atomic E-state index is 5.53. The molecule has 1 saturated carbocycles. The first-order valence-electron chi connectivity index (χ1n) is 9.64. The summed E-state index contributed by atoms with van der Waals surface area (Å²) < 4.78 is 5.53. The van der Waals surface area contributed by atoms with Crippen LogP contribution in [-0.2, 0) is 4.74 Å². The molecule has 1 saturated heterocycles. The van der Waals surface area contributed by atoms with Crippen molar-refractivity contribution in [2.24, 2.45) is 17.8 Å². The second-order valence-corrected chi connectivity index (χ2v) is 7.42. The molecule has 1 aliphatic heterocycles. The third-order valence-electron chi connectivity index (χ3n) is 5.74. The van der Waals surface area contributed by atoms with Crippen molar-refractivity contribution in [3.8, 4) is 0 Å². The molecule has 1 atom stereocenters. The number of rotatable bonds is 8. The van der Waals surface area contributed by atoms with Crippen LogP contribution >= 0.6 is 0 Å². The molecule has 1 N–H and O–H groups in total. The Kier molecular flexibility index (Phi) is 8.10. The molecule has 0 aromatic carbocycles. The fourth-order valence-corrected chi connectivity index (χ4v) is 4.40. The molecule has 21 heavy (non-hydrogen) atoms. The Balaban J connectivity index is 1.80. The van der Waals surface area contributed by atoms with E-state index in [0.29, 0.717) is 0 Å². The van der Waals surface area contributed by atoms with Crippen LogP contribution in [0.3, 0.4) is 0 Å². The van der Waals surface area contributed by atoms with Crippen LogP contribution in [-0.4, -0.2) is 25.8 Å². The van der Waals surface area contributed by atoms with Gasteiger partial charge in [0.15, 0.2) is 0 Å². The lowest BCUT2D eigenvalue weighted by molar-refractivity contribution is 0.0556. The van der Waals surface area contributed by atoms with Crippen LogP contribution in [0, 0.1) is 17.8 Å². The lowest BCUT2D eigenvalue weighted by Gasteiger charge is -2.37. The molecule has 1 aliphatic carbocycles. The molecular weight excluding hydrogens is 258 g/mol. The second-order valence-electron chi connectivity index (χ2n) is 7.42. The molecule has 2 nitrogen and oxygen atoms in total. The number of hydrogen-bond donors (Lipinski definition) is 1. The molecule has 2 heteroatoms. The molecule has 124 valence electrons. The standard InChI is InChI=1S/C19H37NO/c1-3-5-16-6-8-18(9-7-16)19(20-12-4-2)15-17-10-13-21-14-11-17/h16-20H,3-15H2,1-2H3. The van der Waals surface area contributed by atoms with Crippen molar-refractivity contribution < 1.29 is 4.74 Å². The fraction of sp³-hybridized carbons (Fsp3) is 1.00. The van der Waals surface area contributed by atoms with Crippen LogP contribution in [0.15, 0.2) is 0 Å². The summed E-state index contributed by atoms with van der Waals surface area (Å²) in [4.78, 5) is 0. The van der Waals surface area contributed by atoms with E-state index in [4.69, 9.17) is 4.74 Å². The van der Waals surface area contributed by atoms with E-state index in [-0.39, 0.29) is 0 Å². The van der Waals surface area contributed by atoms with E-state index in [9.17, 15) is 0 Å². The summed E-state index contributed by atoms with van der Waals surface area (Å²) in [6.07, 6.45) is 14.0. The zero-order valence-corrected chi connectivity index (χ0v) is 14.4. The molecule has 0 amide bonds. The normalized spacial score (nSPS) is 29.4. The molecule has 1 unspecified atom stereocenters. The quantitative estimate of drug-likeness (QED) is 0.696. The summed E-state index contributed by atoms with van der Waals surface area (Å²) >= 11 is 0. The van der Waals surface area contributed by atoms with Crippen molar-refractivity contribution in [3.63, 3.8) is 0 Å². The van der Waals surface area contributed by atoms with Crippen LogP contribution in [0.1, 0.15) is 78.1 Å². The predicted molar refractivity (Wildman–Crippen MR) is 90.6 cm³/mol. The predicted octanol–water partition coefficient (Wildman–Crippen LogP) is 4.78. The minimum Gasteiger partial charge on any atom is -0.381 e. The van der Waals surface area contributed by atoms with Crippen molar-refractivity contribution in [1.82, 2.24) is 5.32 Å². The molecule has 0 aromatic heterocycles. The number of ether oxygens (including phenoxy) is 1. The Morgan fingerprint density at radius 1 is 0.905 bits per heavy atom. The Labute approximate surface area is 132 Å². The molecule has 2 rings (SSSR count). The van der Waals surface area contributed by atoms with Gasteiger partial charge in [-0.15, -0.1) is 0 Å². The van der Waals surface area contributed by atoms with Gasteiger partial charge in [0.2, 0.25) is 0 Å². The smallest absolute Gasteiger partial charge is 0.0468 e. The number of nitrogens with one attached hydrogen (secondary N) is 1. The van der Waals surface area contributed by atoms with Gasteiger partial charge in [0.25, 0.3) is 0 Å². The zero-order valence-electron chi connectivity index (χ0n) is 14.4. The van der Waals surface area contributed by atoms with E-state index in [1.54, 1.807) is 0 Å². The van der Waals surface area contributed by atoms with Gasteiger partial charge in [-0.3, -0.25) is 0 Å². The summed E-state index contributed by atoms with van der Waals surface area (Å²) in [6.45, 7) is 7.81. The molecule has 2 aliphatic rings. The molecule has 0 bridgehead atoms. The van der Waals surface area contributed by atoms with Gasteiger partial charge in [0.05, 0.1) is 0 Å². The average Bonchev–Trinajstić information content (AvgIpc) is 2.53. The van der Waals surface area contributed by atoms with Gasteiger partial charge in [-0.05, 0) is 62.8 Å². The third kappa shape index (κ3) is 5.90. The van der Waals surface area contributed by atoms with Crippen LogP contribution < -0.4 is 5.32 Å². The Morgan fingerprint density at radius 3 is 2.24 bits per heavy atom. The van der Waals surface area contributed by atoms with Crippen LogP contribution in [0.5, 0.6) is 0 Å². The van der Waals surface area contributed by atoms with Crippen molar-refractivity contribution >= 4 is 0 Å². The fourth-order valence-electron chi connectivity index (χ4n) is 4.40. The summed E-state index contributed by atoms with van der Waals surface area (Å²) in [5, 5.41) is 3.89. The van der Waals surface area contributed by atoms with E-state index in [2.05, 4.69) is 19.2 Å². The average molecular weight is 296 g/mol. The number of hydrogen-bond acceptors (Lipinski definition) is 2. The van der Waals surface area contributed by atoms with Gasteiger partial charge in [0.1, 0.15) is 0 Å². The van der Waals surface area contributed by atoms with E-state index in [1.165, 1.54) is 70.8 Å². The Hall–Kier alpha value is -0.0800. The van der Waals surface area contributed by atoms with E-state index < -0.39 is 0 Å². The first kappa shape index (κ1) is 17.3. The third-order valence-corrected chi connectivity index (χ3v) is 5.74. The Bertz CT molecular complexity index is 254. The lowest BCUT2D eigenvalue weighted by atomic mass is 9.74. The minimum absolute atomic E-state index is 0.774. The monoisotopic (exact) mass is 295 g/mol. The van der Waals surface area contributed by atoms with Crippen molar-refractivity contribution in [2.45, 2.75) is 84.1 Å². The van der Waals surface area contributed by atoms with Crippen molar-refractivity contribution in [3.05, 3.63) is 0 Å². The first-order valence-corrected chi connectivity index (χ1v) is 9.64. The molecule has 0 aromatic rings. The Morgan fingerprint density at radius 2 is 1.62 bits per heavy atom. The van der Waals surface area contributed by atoms with Crippen LogP contribution in [0.2, 0.25) is 0 Å². The van der Waals surface area contributed by atoms with Crippen molar-refractivity contribution in [2.75, 3.05) is 19.8 Å². The van der Waals surface area contributed by atoms with Gasteiger partial charge in [-0.2, -0.15) is 0 Å². The van der Waals surface area contributed by atoms with Gasteiger partial charge >= 0.3 is 0 Å². The second kappa shape index (κ2) is 9.84. The molecule has 2 fully saturated rings. The summed E-state index contributed by atoms with van der Waals surface area (Å²) in [6, 6.07) is 0.774. The minimum atomic E-state index is 0.774.